The first kappa shape index (κ1) is 50.5. The quantitative estimate of drug-likeness (QED) is 0.0693. The Bertz CT molecular complexity index is 1900. The summed E-state index contributed by atoms with van der Waals surface area (Å²) in [6.45, 7) is 22.7. The molecular weight excluding hydrogens is 821 g/mol. The van der Waals surface area contributed by atoms with Crippen molar-refractivity contribution in [2.75, 3.05) is 72.0 Å². The third-order valence-electron chi connectivity index (χ3n) is 10.7. The van der Waals surface area contributed by atoms with E-state index in [4.69, 9.17) is 14.2 Å². The van der Waals surface area contributed by atoms with Gasteiger partial charge in [0.1, 0.15) is 16.8 Å². The van der Waals surface area contributed by atoms with Gasteiger partial charge in [0.25, 0.3) is 0 Å². The van der Waals surface area contributed by atoms with E-state index in [2.05, 4.69) is 135 Å². The molecule has 1 heterocycles. The Balaban J connectivity index is 1.37. The molecule has 0 atom stereocenters. The zero-order valence-corrected chi connectivity index (χ0v) is 40.6. The fraction of sp³-hybridized carbons (Fsp3) is 0.491. The van der Waals surface area contributed by atoms with Crippen molar-refractivity contribution >= 4 is 29.7 Å². The number of thioether (sulfide) groups is 1. The highest BCUT2D eigenvalue weighted by Crippen LogP contribution is 2.49. The van der Waals surface area contributed by atoms with Crippen LogP contribution in [0.3, 0.4) is 0 Å². The number of nitrogens with zero attached hydrogens (tertiary/aromatic N) is 4. The third kappa shape index (κ3) is 16.8. The molecule has 64 heavy (non-hydrogen) atoms. The topological polar surface area (TPSA) is 91.9 Å². The second kappa shape index (κ2) is 23.1. The lowest BCUT2D eigenvalue weighted by Crippen LogP contribution is -2.49. The molecule has 0 bridgehead atoms. The van der Waals surface area contributed by atoms with Gasteiger partial charge in [0.2, 0.25) is 0 Å². The Morgan fingerprint density at radius 3 is 1.00 bits per heavy atom. The van der Waals surface area contributed by atoms with Crippen LogP contribution in [-0.2, 0) is 45.6 Å². The van der Waals surface area contributed by atoms with Gasteiger partial charge in [-0.2, -0.15) is 0 Å². The number of hydrogen-bond acceptors (Lipinski definition) is 11. The molecule has 1 aliphatic rings. The predicted molar refractivity (Wildman–Crippen MR) is 259 cm³/mol. The molecule has 346 valence electrons. The van der Waals surface area contributed by atoms with Crippen LogP contribution in [0.1, 0.15) is 90.1 Å². The van der Waals surface area contributed by atoms with Crippen molar-refractivity contribution in [3.63, 3.8) is 0 Å². The molecule has 0 aromatic heterocycles. The molecule has 0 amide bonds. The first-order valence-corrected chi connectivity index (χ1v) is 23.7. The number of hydrogen-bond donors (Lipinski definition) is 0. The second-order valence-corrected chi connectivity index (χ2v) is 20.9. The van der Waals surface area contributed by atoms with E-state index < -0.39 is 21.6 Å². The number of ether oxygens (including phenoxy) is 3. The molecule has 0 saturated carbocycles. The molecule has 4 aromatic carbocycles. The summed E-state index contributed by atoms with van der Waals surface area (Å²) in [5.41, 5.74) is 4.31. The number of carbonyl (C=O) groups is 3. The highest BCUT2D eigenvalue weighted by Gasteiger charge is 2.37. The SMILES string of the molecule is CC(C)(C)OC(=O)CN1CCN(CC(=O)OC(C)(C)C)CCN(Cc2ccc(CSC(c3ccccc3)(c3ccccc3)c3ccccc3)cc2)CCN(CC(=O)OC(C)(C)C)CC1. The van der Waals surface area contributed by atoms with Crippen LogP contribution in [0.15, 0.2) is 115 Å². The normalized spacial score (nSPS) is 16.0. The summed E-state index contributed by atoms with van der Waals surface area (Å²) in [6, 6.07) is 41.3. The van der Waals surface area contributed by atoms with Crippen LogP contribution in [-0.4, -0.2) is 126 Å². The Labute approximate surface area is 387 Å². The monoisotopic (exact) mass is 893 g/mol. The molecule has 5 rings (SSSR count). The van der Waals surface area contributed by atoms with Crippen LogP contribution in [0.4, 0.5) is 0 Å². The van der Waals surface area contributed by atoms with Gasteiger partial charge in [-0.1, -0.05) is 115 Å². The zero-order chi connectivity index (χ0) is 46.4. The summed E-state index contributed by atoms with van der Waals surface area (Å²) in [5.74, 6) is -0.0710. The fourth-order valence-corrected chi connectivity index (χ4v) is 9.32. The van der Waals surface area contributed by atoms with Crippen molar-refractivity contribution in [1.82, 2.24) is 19.6 Å². The fourth-order valence-electron chi connectivity index (χ4n) is 7.84. The third-order valence-corrected chi connectivity index (χ3v) is 12.3. The summed E-state index contributed by atoms with van der Waals surface area (Å²) in [5, 5.41) is 0. The molecule has 10 nitrogen and oxygen atoms in total. The van der Waals surface area contributed by atoms with Crippen molar-refractivity contribution in [1.29, 1.82) is 0 Å². The lowest BCUT2D eigenvalue weighted by atomic mass is 9.84. The Morgan fingerprint density at radius 1 is 0.422 bits per heavy atom. The smallest absolute Gasteiger partial charge is 0.320 e. The highest BCUT2D eigenvalue weighted by molar-refractivity contribution is 7.99. The van der Waals surface area contributed by atoms with Crippen molar-refractivity contribution in [2.45, 2.75) is 96.2 Å². The Hall–Kier alpha value is -4.52. The predicted octanol–water partition coefficient (Wildman–Crippen LogP) is 8.66. The molecule has 1 saturated heterocycles. The first-order valence-electron chi connectivity index (χ1n) is 22.7. The van der Waals surface area contributed by atoms with Crippen molar-refractivity contribution in [3.8, 4) is 0 Å². The van der Waals surface area contributed by atoms with E-state index in [-0.39, 0.29) is 37.5 Å². The van der Waals surface area contributed by atoms with Crippen LogP contribution >= 0.6 is 11.8 Å². The number of rotatable bonds is 14. The van der Waals surface area contributed by atoms with Gasteiger partial charge < -0.3 is 14.2 Å². The van der Waals surface area contributed by atoms with Gasteiger partial charge in [0.15, 0.2) is 0 Å². The largest absolute Gasteiger partial charge is 0.459 e. The van der Waals surface area contributed by atoms with Crippen LogP contribution < -0.4 is 0 Å². The summed E-state index contributed by atoms with van der Waals surface area (Å²) < 4.78 is 16.8. The minimum Gasteiger partial charge on any atom is -0.459 e. The Kier molecular flexibility index (Phi) is 18.2. The van der Waals surface area contributed by atoms with Gasteiger partial charge in [-0.15, -0.1) is 11.8 Å². The molecule has 0 spiro atoms. The molecule has 0 aliphatic carbocycles. The van der Waals surface area contributed by atoms with Gasteiger partial charge in [-0.25, -0.2) is 0 Å². The van der Waals surface area contributed by atoms with Gasteiger partial charge in [0, 0.05) is 64.7 Å². The first-order chi connectivity index (χ1) is 30.3. The van der Waals surface area contributed by atoms with Gasteiger partial charge in [-0.3, -0.25) is 34.0 Å². The van der Waals surface area contributed by atoms with Crippen LogP contribution in [0.5, 0.6) is 0 Å². The average molecular weight is 893 g/mol. The minimum atomic E-state index is -0.614. The lowest BCUT2D eigenvalue weighted by Gasteiger charge is -2.35. The summed E-state index contributed by atoms with van der Waals surface area (Å²) in [4.78, 5) is 48.2. The van der Waals surface area contributed by atoms with Gasteiger partial charge in [0.05, 0.1) is 24.4 Å². The number of carbonyl (C=O) groups excluding carboxylic acids is 3. The summed E-state index contributed by atoms with van der Waals surface area (Å²) >= 11 is 1.93. The molecule has 0 N–H and O–H groups in total. The highest BCUT2D eigenvalue weighted by atomic mass is 32.2. The van der Waals surface area contributed by atoms with Crippen LogP contribution in [0.25, 0.3) is 0 Å². The molecular formula is C53H72N4O6S. The minimum absolute atomic E-state index is 0.101. The standard InChI is InChI=1S/C53H72N4O6S/c1-50(2,3)61-47(58)38-55-31-29-54(30-32-56(39-48(59)62-51(4,5)6)34-36-57(35-33-55)40-49(60)63-52(7,8)9)37-42-25-27-43(28-26-42)41-64-53(44-19-13-10-14-20-44,45-21-15-11-16-22-45)46-23-17-12-18-24-46/h10-28H,29-41H2,1-9H3. The molecule has 1 aliphatic heterocycles. The maximum absolute atomic E-state index is 13.2. The number of esters is 3. The van der Waals surface area contributed by atoms with E-state index >= 15 is 0 Å². The summed E-state index contributed by atoms with van der Waals surface area (Å²) in [6.07, 6.45) is 0. The average Bonchev–Trinajstić information content (AvgIpc) is 3.21. The molecule has 11 heteroatoms. The zero-order valence-electron chi connectivity index (χ0n) is 39.8. The van der Waals surface area contributed by atoms with Crippen LogP contribution in [0.2, 0.25) is 0 Å². The van der Waals surface area contributed by atoms with E-state index in [0.717, 1.165) is 5.75 Å². The molecule has 0 unspecified atom stereocenters. The van der Waals surface area contributed by atoms with E-state index in [0.29, 0.717) is 58.9 Å². The van der Waals surface area contributed by atoms with E-state index in [1.807, 2.05) is 74.1 Å². The van der Waals surface area contributed by atoms with E-state index in [1.165, 1.54) is 27.8 Å². The van der Waals surface area contributed by atoms with Crippen molar-refractivity contribution in [2.24, 2.45) is 0 Å². The maximum Gasteiger partial charge on any atom is 0.320 e. The van der Waals surface area contributed by atoms with E-state index in [9.17, 15) is 14.4 Å². The van der Waals surface area contributed by atoms with Gasteiger partial charge in [-0.05, 0) is 90.1 Å². The maximum atomic E-state index is 13.2. The summed E-state index contributed by atoms with van der Waals surface area (Å²) in [7, 11) is 0. The van der Waals surface area contributed by atoms with Crippen LogP contribution in [0, 0.1) is 0 Å². The van der Waals surface area contributed by atoms with Crippen molar-refractivity contribution < 1.29 is 28.6 Å². The molecule has 1 fully saturated rings. The lowest BCUT2D eigenvalue weighted by molar-refractivity contribution is -0.158. The second-order valence-electron chi connectivity index (χ2n) is 19.7. The Morgan fingerprint density at radius 2 is 0.703 bits per heavy atom. The van der Waals surface area contributed by atoms with E-state index in [1.54, 1.807) is 0 Å². The van der Waals surface area contributed by atoms with Gasteiger partial charge >= 0.3 is 17.9 Å². The number of benzene rings is 4. The molecule has 4 aromatic rings. The van der Waals surface area contributed by atoms with Crippen molar-refractivity contribution in [3.05, 3.63) is 143 Å². The molecule has 0 radical (unpaired) electrons.